The third-order valence-corrected chi connectivity index (χ3v) is 3.80. The number of fused-ring (bicyclic) bond motifs is 1. The van der Waals surface area contributed by atoms with Crippen molar-refractivity contribution in [1.29, 1.82) is 0 Å². The second-order valence-corrected chi connectivity index (χ2v) is 5.54. The third kappa shape index (κ3) is 3.89. The van der Waals surface area contributed by atoms with E-state index >= 15 is 0 Å². The summed E-state index contributed by atoms with van der Waals surface area (Å²) in [6.07, 6.45) is 0.207. The molecular formula is C18H16FN3O3. The van der Waals surface area contributed by atoms with Crippen molar-refractivity contribution in [2.75, 3.05) is 6.54 Å². The Kier molecular flexibility index (Phi) is 4.85. The summed E-state index contributed by atoms with van der Waals surface area (Å²) in [5.74, 6) is -0.816. The van der Waals surface area contributed by atoms with E-state index < -0.39 is 17.8 Å². The first-order valence-electron chi connectivity index (χ1n) is 7.69. The van der Waals surface area contributed by atoms with Crippen LogP contribution in [0.4, 0.5) is 4.39 Å². The minimum Gasteiger partial charge on any atom is -0.387 e. The van der Waals surface area contributed by atoms with Crippen LogP contribution in [0.3, 0.4) is 0 Å². The number of hydrogen-bond acceptors (Lipinski definition) is 4. The average molecular weight is 341 g/mol. The molecule has 1 aromatic heterocycles. The average Bonchev–Trinajstić information content (AvgIpc) is 2.63. The summed E-state index contributed by atoms with van der Waals surface area (Å²) < 4.78 is 14.2. The number of carbonyl (C=O) groups is 1. The second kappa shape index (κ2) is 7.23. The molecule has 0 aliphatic rings. The van der Waals surface area contributed by atoms with E-state index in [4.69, 9.17) is 0 Å². The quantitative estimate of drug-likeness (QED) is 0.734. The lowest BCUT2D eigenvalue weighted by atomic mass is 10.1. The first-order valence-corrected chi connectivity index (χ1v) is 7.69. The lowest BCUT2D eigenvalue weighted by molar-refractivity contribution is -0.122. The molecule has 2 N–H and O–H groups in total. The van der Waals surface area contributed by atoms with Gasteiger partial charge in [0.1, 0.15) is 12.4 Å². The van der Waals surface area contributed by atoms with Crippen LogP contribution < -0.4 is 10.9 Å². The number of aliphatic hydroxyl groups excluding tert-OH is 1. The summed E-state index contributed by atoms with van der Waals surface area (Å²) in [6, 6.07) is 12.4. The van der Waals surface area contributed by atoms with Crippen molar-refractivity contribution in [3.63, 3.8) is 0 Å². The normalized spacial score (nSPS) is 12.1. The second-order valence-electron chi connectivity index (χ2n) is 5.54. The first kappa shape index (κ1) is 16.8. The van der Waals surface area contributed by atoms with E-state index in [0.717, 1.165) is 0 Å². The number of nitrogens with zero attached hydrogens (tertiary/aromatic N) is 2. The van der Waals surface area contributed by atoms with E-state index in [1.165, 1.54) is 35.0 Å². The van der Waals surface area contributed by atoms with Gasteiger partial charge in [0.2, 0.25) is 5.91 Å². The van der Waals surface area contributed by atoms with Gasteiger partial charge in [-0.15, -0.1) is 0 Å². The van der Waals surface area contributed by atoms with Crippen LogP contribution in [0.5, 0.6) is 0 Å². The number of rotatable bonds is 5. The number of benzene rings is 2. The standard InChI is InChI=1S/C18H16FN3O3/c19-13-7-5-12(6-8-13)16(23)9-21-17(24)11-22-15-4-2-1-3-14(15)20-10-18(22)25/h1-8,10,16,23H,9,11H2,(H,21,24). The molecule has 25 heavy (non-hydrogen) atoms. The predicted octanol–water partition coefficient (Wildman–Crippen LogP) is 1.39. The molecule has 0 saturated heterocycles. The minimum absolute atomic E-state index is 0.0395. The molecule has 2 aromatic carbocycles. The van der Waals surface area contributed by atoms with E-state index in [0.29, 0.717) is 16.6 Å². The van der Waals surface area contributed by atoms with Gasteiger partial charge in [0.25, 0.3) is 5.56 Å². The number of amides is 1. The van der Waals surface area contributed by atoms with Crippen molar-refractivity contribution in [3.05, 3.63) is 76.5 Å². The SMILES string of the molecule is O=C(Cn1c(=O)cnc2ccccc21)NCC(O)c1ccc(F)cc1. The van der Waals surface area contributed by atoms with Gasteiger partial charge in [-0.05, 0) is 29.8 Å². The van der Waals surface area contributed by atoms with Gasteiger partial charge in [-0.2, -0.15) is 0 Å². The molecule has 0 aliphatic heterocycles. The molecule has 1 heterocycles. The highest BCUT2D eigenvalue weighted by Gasteiger charge is 2.12. The highest BCUT2D eigenvalue weighted by Crippen LogP contribution is 2.12. The summed E-state index contributed by atoms with van der Waals surface area (Å²) in [6.45, 7) is -0.222. The predicted molar refractivity (Wildman–Crippen MR) is 90.4 cm³/mol. The lowest BCUT2D eigenvalue weighted by Crippen LogP contribution is -2.34. The first-order chi connectivity index (χ1) is 12.0. The topological polar surface area (TPSA) is 84.2 Å². The molecule has 6 nitrogen and oxygen atoms in total. The molecule has 0 spiro atoms. The maximum absolute atomic E-state index is 12.9. The molecule has 1 atom stereocenters. The number of para-hydroxylation sites is 2. The molecular weight excluding hydrogens is 325 g/mol. The van der Waals surface area contributed by atoms with Crippen LogP contribution in [-0.2, 0) is 11.3 Å². The summed E-state index contributed by atoms with van der Waals surface area (Å²) in [7, 11) is 0. The molecule has 0 saturated carbocycles. The molecule has 7 heteroatoms. The van der Waals surface area contributed by atoms with E-state index in [2.05, 4.69) is 10.3 Å². The van der Waals surface area contributed by atoms with Crippen molar-refractivity contribution in [3.8, 4) is 0 Å². The van der Waals surface area contributed by atoms with Gasteiger partial charge in [0.05, 0.1) is 23.3 Å². The van der Waals surface area contributed by atoms with Crippen LogP contribution in [0.15, 0.2) is 59.5 Å². The lowest BCUT2D eigenvalue weighted by Gasteiger charge is -2.13. The van der Waals surface area contributed by atoms with Gasteiger partial charge in [-0.1, -0.05) is 24.3 Å². The van der Waals surface area contributed by atoms with Crippen molar-refractivity contribution in [2.45, 2.75) is 12.6 Å². The van der Waals surface area contributed by atoms with Gasteiger partial charge in [-0.3, -0.25) is 14.2 Å². The summed E-state index contributed by atoms with van der Waals surface area (Å²) in [5, 5.41) is 12.6. The van der Waals surface area contributed by atoms with Gasteiger partial charge in [0, 0.05) is 6.54 Å². The zero-order chi connectivity index (χ0) is 17.8. The fraction of sp³-hybridized carbons (Fsp3) is 0.167. The molecule has 0 fully saturated rings. The summed E-state index contributed by atoms with van der Waals surface area (Å²) in [5.41, 5.74) is 1.28. The smallest absolute Gasteiger partial charge is 0.269 e. The van der Waals surface area contributed by atoms with Crippen LogP contribution >= 0.6 is 0 Å². The minimum atomic E-state index is -0.963. The Hall–Kier alpha value is -3.06. The third-order valence-electron chi connectivity index (χ3n) is 3.80. The van der Waals surface area contributed by atoms with Crippen molar-refractivity contribution >= 4 is 16.9 Å². The van der Waals surface area contributed by atoms with Gasteiger partial charge < -0.3 is 10.4 Å². The van der Waals surface area contributed by atoms with Gasteiger partial charge in [0.15, 0.2) is 0 Å². The Morgan fingerprint density at radius 3 is 2.68 bits per heavy atom. The maximum Gasteiger partial charge on any atom is 0.269 e. The van der Waals surface area contributed by atoms with Crippen LogP contribution in [0.25, 0.3) is 11.0 Å². The largest absolute Gasteiger partial charge is 0.387 e. The van der Waals surface area contributed by atoms with Crippen molar-refractivity contribution in [2.24, 2.45) is 0 Å². The zero-order valence-electron chi connectivity index (χ0n) is 13.2. The van der Waals surface area contributed by atoms with E-state index in [9.17, 15) is 19.1 Å². The Bertz CT molecular complexity index is 954. The number of aliphatic hydroxyl groups is 1. The van der Waals surface area contributed by atoms with Crippen molar-refractivity contribution < 1.29 is 14.3 Å². The van der Waals surface area contributed by atoms with Gasteiger partial charge in [-0.25, -0.2) is 9.37 Å². The number of carbonyl (C=O) groups excluding carboxylic acids is 1. The van der Waals surface area contributed by atoms with Crippen molar-refractivity contribution in [1.82, 2.24) is 14.9 Å². The molecule has 128 valence electrons. The Morgan fingerprint density at radius 1 is 1.20 bits per heavy atom. The molecule has 1 amide bonds. The van der Waals surface area contributed by atoms with Gasteiger partial charge >= 0.3 is 0 Å². The molecule has 3 aromatic rings. The maximum atomic E-state index is 12.9. The monoisotopic (exact) mass is 341 g/mol. The Morgan fingerprint density at radius 2 is 1.92 bits per heavy atom. The van der Waals surface area contributed by atoms with Crippen LogP contribution in [0.1, 0.15) is 11.7 Å². The fourth-order valence-electron chi connectivity index (χ4n) is 2.49. The summed E-state index contributed by atoms with van der Waals surface area (Å²) >= 11 is 0. The molecule has 0 bridgehead atoms. The van der Waals surface area contributed by atoms with Crippen LogP contribution in [0.2, 0.25) is 0 Å². The van der Waals surface area contributed by atoms with Crippen LogP contribution in [-0.4, -0.2) is 27.1 Å². The molecule has 3 rings (SSSR count). The molecule has 0 radical (unpaired) electrons. The number of hydrogen-bond donors (Lipinski definition) is 2. The highest BCUT2D eigenvalue weighted by molar-refractivity contribution is 5.79. The van der Waals surface area contributed by atoms with E-state index in [1.807, 2.05) is 0 Å². The Balaban J connectivity index is 1.68. The van der Waals surface area contributed by atoms with E-state index in [1.54, 1.807) is 24.3 Å². The van der Waals surface area contributed by atoms with E-state index in [-0.39, 0.29) is 18.6 Å². The molecule has 0 aliphatic carbocycles. The highest BCUT2D eigenvalue weighted by atomic mass is 19.1. The number of aromatic nitrogens is 2. The zero-order valence-corrected chi connectivity index (χ0v) is 13.2. The molecule has 1 unspecified atom stereocenters. The summed E-state index contributed by atoms with van der Waals surface area (Å²) in [4.78, 5) is 28.2. The number of halogens is 1. The fourth-order valence-corrected chi connectivity index (χ4v) is 2.49. The number of nitrogens with one attached hydrogen (secondary N) is 1. The van der Waals surface area contributed by atoms with Crippen LogP contribution in [0, 0.1) is 5.82 Å². The Labute approximate surface area is 142 Å².